The van der Waals surface area contributed by atoms with Crippen molar-refractivity contribution in [3.63, 3.8) is 0 Å². The molecule has 0 bridgehead atoms. The Morgan fingerprint density at radius 3 is 2.42 bits per heavy atom. The number of hydrogen-bond donors (Lipinski definition) is 0. The fourth-order valence-electron chi connectivity index (χ4n) is 5.09. The maximum atomic E-state index is 6.27. The summed E-state index contributed by atoms with van der Waals surface area (Å²) in [7, 11) is 0. The van der Waals surface area contributed by atoms with Gasteiger partial charge in [0.15, 0.2) is 5.79 Å². The van der Waals surface area contributed by atoms with Gasteiger partial charge in [0.1, 0.15) is 0 Å². The highest BCUT2D eigenvalue weighted by molar-refractivity contribution is 5.24. The largest absolute Gasteiger partial charge is 0.347 e. The fraction of sp³-hybridized carbons (Fsp3) is 0.882. The van der Waals surface area contributed by atoms with Crippen molar-refractivity contribution in [1.29, 1.82) is 0 Å². The molecule has 0 aromatic heterocycles. The van der Waals surface area contributed by atoms with Crippen LogP contribution in [0.3, 0.4) is 0 Å². The predicted molar refractivity (Wildman–Crippen MR) is 76.7 cm³/mol. The van der Waals surface area contributed by atoms with Crippen LogP contribution in [0.25, 0.3) is 0 Å². The molecule has 2 nitrogen and oxygen atoms in total. The van der Waals surface area contributed by atoms with Crippen LogP contribution in [-0.4, -0.2) is 19.0 Å². The van der Waals surface area contributed by atoms with Crippen molar-refractivity contribution in [3.05, 3.63) is 12.2 Å². The van der Waals surface area contributed by atoms with E-state index in [1.807, 2.05) is 0 Å². The summed E-state index contributed by atoms with van der Waals surface area (Å²) in [5.74, 6) is 2.25. The molecule has 108 valence electrons. The van der Waals surface area contributed by atoms with Crippen molar-refractivity contribution in [1.82, 2.24) is 0 Å². The SMILES string of the molecule is CC(C)CC1C2C=CCCC2(C(C)C)C12OCCO2. The van der Waals surface area contributed by atoms with Crippen LogP contribution in [0.5, 0.6) is 0 Å². The lowest BCUT2D eigenvalue weighted by atomic mass is 9.41. The molecule has 3 atom stereocenters. The molecule has 3 unspecified atom stereocenters. The second-order valence-corrected chi connectivity index (χ2v) is 7.29. The maximum absolute atomic E-state index is 6.27. The molecule has 19 heavy (non-hydrogen) atoms. The van der Waals surface area contributed by atoms with Gasteiger partial charge in [-0.1, -0.05) is 39.8 Å². The Kier molecular flexibility index (Phi) is 3.30. The molecule has 3 rings (SSSR count). The van der Waals surface area contributed by atoms with Gasteiger partial charge >= 0.3 is 0 Å². The first-order valence-corrected chi connectivity index (χ1v) is 7.99. The molecule has 0 aromatic rings. The van der Waals surface area contributed by atoms with E-state index in [2.05, 4.69) is 39.8 Å². The third kappa shape index (κ3) is 1.62. The van der Waals surface area contributed by atoms with Gasteiger partial charge in [0.2, 0.25) is 0 Å². The van der Waals surface area contributed by atoms with Crippen LogP contribution in [0.1, 0.15) is 47.0 Å². The van der Waals surface area contributed by atoms with Crippen LogP contribution in [0.15, 0.2) is 12.2 Å². The molecule has 0 aromatic carbocycles. The molecule has 0 N–H and O–H groups in total. The maximum Gasteiger partial charge on any atom is 0.178 e. The fourth-order valence-corrected chi connectivity index (χ4v) is 5.09. The molecule has 1 spiro atoms. The summed E-state index contributed by atoms with van der Waals surface area (Å²) in [5, 5.41) is 0. The number of allylic oxidation sites excluding steroid dienone is 2. The average molecular weight is 264 g/mol. The molecule has 1 heterocycles. The van der Waals surface area contributed by atoms with Crippen molar-refractivity contribution < 1.29 is 9.47 Å². The van der Waals surface area contributed by atoms with Crippen LogP contribution >= 0.6 is 0 Å². The minimum atomic E-state index is -0.277. The quantitative estimate of drug-likeness (QED) is 0.717. The summed E-state index contributed by atoms with van der Waals surface area (Å²) in [4.78, 5) is 0. The van der Waals surface area contributed by atoms with Gasteiger partial charge in [-0.3, -0.25) is 0 Å². The highest BCUT2D eigenvalue weighted by Crippen LogP contribution is 2.70. The molecule has 1 saturated carbocycles. The van der Waals surface area contributed by atoms with E-state index in [9.17, 15) is 0 Å². The van der Waals surface area contributed by atoms with Gasteiger partial charge in [0, 0.05) is 11.3 Å². The molecule has 1 saturated heterocycles. The minimum Gasteiger partial charge on any atom is -0.347 e. The first-order chi connectivity index (χ1) is 9.04. The summed E-state index contributed by atoms with van der Waals surface area (Å²) in [6.45, 7) is 10.9. The number of ether oxygens (including phenoxy) is 2. The van der Waals surface area contributed by atoms with E-state index in [1.54, 1.807) is 0 Å². The Balaban J connectivity index is 1.98. The molecule has 2 heteroatoms. The summed E-state index contributed by atoms with van der Waals surface area (Å²) >= 11 is 0. The minimum absolute atomic E-state index is 0.220. The van der Waals surface area contributed by atoms with Gasteiger partial charge in [0.05, 0.1) is 13.2 Å². The van der Waals surface area contributed by atoms with Crippen molar-refractivity contribution in [2.24, 2.45) is 29.1 Å². The van der Waals surface area contributed by atoms with E-state index in [0.717, 1.165) is 13.2 Å². The Morgan fingerprint density at radius 2 is 1.84 bits per heavy atom. The molecule has 3 aliphatic rings. The molecular weight excluding hydrogens is 236 g/mol. The van der Waals surface area contributed by atoms with E-state index in [-0.39, 0.29) is 11.2 Å². The van der Waals surface area contributed by atoms with Crippen molar-refractivity contribution in [2.75, 3.05) is 13.2 Å². The molecular formula is C17H28O2. The predicted octanol–water partition coefficient (Wildman–Crippen LogP) is 4.01. The number of hydrogen-bond acceptors (Lipinski definition) is 2. The van der Waals surface area contributed by atoms with Crippen molar-refractivity contribution >= 4 is 0 Å². The van der Waals surface area contributed by atoms with Crippen LogP contribution in [0.2, 0.25) is 0 Å². The van der Waals surface area contributed by atoms with E-state index in [0.29, 0.717) is 23.7 Å². The normalized spacial score (nSPS) is 39.9. The summed E-state index contributed by atoms with van der Waals surface area (Å²) < 4.78 is 12.5. The third-order valence-electron chi connectivity index (χ3n) is 5.71. The van der Waals surface area contributed by atoms with Crippen LogP contribution < -0.4 is 0 Å². The number of rotatable bonds is 3. The average Bonchev–Trinajstić information content (AvgIpc) is 2.87. The Bertz CT molecular complexity index is 365. The molecule has 1 aliphatic heterocycles. The Morgan fingerprint density at radius 1 is 1.16 bits per heavy atom. The van der Waals surface area contributed by atoms with Gasteiger partial charge in [-0.05, 0) is 37.0 Å². The second kappa shape index (κ2) is 4.60. The number of fused-ring (bicyclic) bond motifs is 2. The smallest absolute Gasteiger partial charge is 0.178 e. The van der Waals surface area contributed by atoms with Gasteiger partial charge in [-0.25, -0.2) is 0 Å². The summed E-state index contributed by atoms with van der Waals surface area (Å²) in [6, 6.07) is 0. The zero-order chi connectivity index (χ0) is 13.7. The molecule has 0 amide bonds. The standard InChI is InChI=1S/C17H28O2/c1-12(2)11-15-14-7-5-6-8-16(14,13(3)4)17(15)18-9-10-19-17/h5,7,12-15H,6,8-11H2,1-4H3. The van der Waals surface area contributed by atoms with Crippen LogP contribution in [0.4, 0.5) is 0 Å². The van der Waals surface area contributed by atoms with Crippen molar-refractivity contribution in [2.45, 2.75) is 52.7 Å². The Labute approximate surface area is 117 Å². The van der Waals surface area contributed by atoms with Crippen LogP contribution in [0, 0.1) is 29.1 Å². The van der Waals surface area contributed by atoms with Gasteiger partial charge < -0.3 is 9.47 Å². The monoisotopic (exact) mass is 264 g/mol. The van der Waals surface area contributed by atoms with Crippen LogP contribution in [-0.2, 0) is 9.47 Å². The third-order valence-corrected chi connectivity index (χ3v) is 5.71. The van der Waals surface area contributed by atoms with Gasteiger partial charge in [0.25, 0.3) is 0 Å². The lowest BCUT2D eigenvalue weighted by Crippen LogP contribution is -2.73. The topological polar surface area (TPSA) is 18.5 Å². The molecule has 2 fully saturated rings. The first-order valence-electron chi connectivity index (χ1n) is 7.99. The summed E-state index contributed by atoms with van der Waals surface area (Å²) in [6.07, 6.45) is 8.45. The zero-order valence-electron chi connectivity index (χ0n) is 12.8. The van der Waals surface area contributed by atoms with E-state index >= 15 is 0 Å². The van der Waals surface area contributed by atoms with Gasteiger partial charge in [-0.15, -0.1) is 0 Å². The molecule has 2 aliphatic carbocycles. The lowest BCUT2D eigenvalue weighted by Gasteiger charge is -2.69. The molecule has 0 radical (unpaired) electrons. The van der Waals surface area contributed by atoms with E-state index < -0.39 is 0 Å². The van der Waals surface area contributed by atoms with Gasteiger partial charge in [-0.2, -0.15) is 0 Å². The van der Waals surface area contributed by atoms with E-state index in [4.69, 9.17) is 9.47 Å². The highest BCUT2D eigenvalue weighted by atomic mass is 16.7. The highest BCUT2D eigenvalue weighted by Gasteiger charge is 2.74. The summed E-state index contributed by atoms with van der Waals surface area (Å²) in [5.41, 5.74) is 0.220. The Hall–Kier alpha value is -0.340. The lowest BCUT2D eigenvalue weighted by molar-refractivity contribution is -0.379. The van der Waals surface area contributed by atoms with Crippen molar-refractivity contribution in [3.8, 4) is 0 Å². The zero-order valence-corrected chi connectivity index (χ0v) is 12.8. The van der Waals surface area contributed by atoms with E-state index in [1.165, 1.54) is 19.3 Å². The second-order valence-electron chi connectivity index (χ2n) is 7.29. The first kappa shape index (κ1) is 13.6.